The summed E-state index contributed by atoms with van der Waals surface area (Å²) in [5.41, 5.74) is 5.56. The van der Waals surface area contributed by atoms with Crippen LogP contribution in [0.1, 0.15) is 53.4 Å². The van der Waals surface area contributed by atoms with Crippen LogP contribution in [0, 0.1) is 0 Å². The molecule has 88 valence electrons. The van der Waals surface area contributed by atoms with Crippen molar-refractivity contribution in [2.45, 2.75) is 71.1 Å². The van der Waals surface area contributed by atoms with E-state index in [1.807, 2.05) is 6.92 Å². The normalized spacial score (nSPS) is 29.2. The fourth-order valence-electron chi connectivity index (χ4n) is 2.08. The van der Waals surface area contributed by atoms with Crippen molar-refractivity contribution in [3.63, 3.8) is 0 Å². The van der Waals surface area contributed by atoms with Crippen LogP contribution < -0.4 is 5.73 Å². The van der Waals surface area contributed by atoms with E-state index in [1.54, 1.807) is 0 Å². The predicted octanol–water partition coefficient (Wildman–Crippen LogP) is 2.49. The lowest BCUT2D eigenvalue weighted by molar-refractivity contribution is -0.0747. The summed E-state index contributed by atoms with van der Waals surface area (Å²) < 4.78 is 5.95. The summed E-state index contributed by atoms with van der Waals surface area (Å²) in [6.45, 7) is 8.20. The van der Waals surface area contributed by atoms with Crippen LogP contribution in [0.15, 0.2) is 4.99 Å². The molecule has 0 radical (unpaired) electrons. The SMILES string of the molecule is CC(N)=NC1CCC(OC(C)(C)C)CC1. The second kappa shape index (κ2) is 4.97. The molecule has 3 nitrogen and oxygen atoms in total. The van der Waals surface area contributed by atoms with Crippen LogP contribution in [0.3, 0.4) is 0 Å². The summed E-state index contributed by atoms with van der Waals surface area (Å²) in [6.07, 6.45) is 4.84. The van der Waals surface area contributed by atoms with E-state index in [2.05, 4.69) is 25.8 Å². The molecule has 0 atom stereocenters. The van der Waals surface area contributed by atoms with Gasteiger partial charge in [-0.25, -0.2) is 0 Å². The van der Waals surface area contributed by atoms with E-state index in [1.165, 1.54) is 0 Å². The van der Waals surface area contributed by atoms with Gasteiger partial charge in [-0.05, 0) is 53.4 Å². The Kier molecular flexibility index (Phi) is 4.14. The quantitative estimate of drug-likeness (QED) is 0.564. The standard InChI is InChI=1S/C12H24N2O/c1-9(13)14-10-5-7-11(8-6-10)15-12(2,3)4/h10-11H,5-8H2,1-4H3,(H2,13,14). The summed E-state index contributed by atoms with van der Waals surface area (Å²) in [4.78, 5) is 4.41. The lowest BCUT2D eigenvalue weighted by Crippen LogP contribution is -2.32. The van der Waals surface area contributed by atoms with Crippen molar-refractivity contribution in [1.29, 1.82) is 0 Å². The number of hydrogen-bond donors (Lipinski definition) is 1. The fraction of sp³-hybridized carbons (Fsp3) is 0.917. The molecule has 3 heteroatoms. The predicted molar refractivity (Wildman–Crippen MR) is 64.2 cm³/mol. The number of nitrogens with two attached hydrogens (primary N) is 1. The van der Waals surface area contributed by atoms with Crippen molar-refractivity contribution in [3.05, 3.63) is 0 Å². The highest BCUT2D eigenvalue weighted by molar-refractivity contribution is 5.77. The van der Waals surface area contributed by atoms with Crippen LogP contribution in [0.4, 0.5) is 0 Å². The maximum absolute atomic E-state index is 5.95. The molecule has 0 heterocycles. The van der Waals surface area contributed by atoms with Crippen LogP contribution in [0.5, 0.6) is 0 Å². The average Bonchev–Trinajstić information content (AvgIpc) is 2.05. The maximum Gasteiger partial charge on any atom is 0.0909 e. The topological polar surface area (TPSA) is 47.6 Å². The molecular weight excluding hydrogens is 188 g/mol. The van der Waals surface area contributed by atoms with E-state index in [0.717, 1.165) is 25.7 Å². The van der Waals surface area contributed by atoms with Crippen molar-refractivity contribution >= 4 is 5.84 Å². The van der Waals surface area contributed by atoms with Crippen LogP contribution >= 0.6 is 0 Å². The lowest BCUT2D eigenvalue weighted by atomic mass is 9.93. The Morgan fingerprint density at radius 3 is 2.13 bits per heavy atom. The number of rotatable bonds is 2. The summed E-state index contributed by atoms with van der Waals surface area (Å²) in [5.74, 6) is 0.704. The van der Waals surface area contributed by atoms with Gasteiger partial charge in [0.1, 0.15) is 0 Å². The van der Waals surface area contributed by atoms with Crippen molar-refractivity contribution < 1.29 is 4.74 Å². The zero-order chi connectivity index (χ0) is 11.5. The number of nitrogens with zero attached hydrogens (tertiary/aromatic N) is 1. The van der Waals surface area contributed by atoms with E-state index >= 15 is 0 Å². The molecule has 15 heavy (non-hydrogen) atoms. The number of aliphatic imine (C=N–C) groups is 1. The van der Waals surface area contributed by atoms with E-state index in [9.17, 15) is 0 Å². The highest BCUT2D eigenvalue weighted by Crippen LogP contribution is 2.26. The maximum atomic E-state index is 5.95. The molecule has 0 unspecified atom stereocenters. The van der Waals surface area contributed by atoms with E-state index in [4.69, 9.17) is 10.5 Å². The Morgan fingerprint density at radius 2 is 1.73 bits per heavy atom. The zero-order valence-corrected chi connectivity index (χ0v) is 10.4. The molecule has 1 fully saturated rings. The molecular formula is C12H24N2O. The first kappa shape index (κ1) is 12.5. The highest BCUT2D eigenvalue weighted by Gasteiger charge is 2.24. The molecule has 0 amide bonds. The minimum Gasteiger partial charge on any atom is -0.388 e. The first-order valence-corrected chi connectivity index (χ1v) is 5.84. The summed E-state index contributed by atoms with van der Waals surface area (Å²) in [5, 5.41) is 0. The van der Waals surface area contributed by atoms with Gasteiger partial charge in [0.25, 0.3) is 0 Å². The summed E-state index contributed by atoms with van der Waals surface area (Å²) in [7, 11) is 0. The van der Waals surface area contributed by atoms with Crippen LogP contribution in [0.2, 0.25) is 0 Å². The Bertz CT molecular complexity index is 218. The minimum absolute atomic E-state index is 0.0233. The zero-order valence-electron chi connectivity index (χ0n) is 10.4. The molecule has 0 aromatic rings. The number of hydrogen-bond acceptors (Lipinski definition) is 2. The highest BCUT2D eigenvalue weighted by atomic mass is 16.5. The van der Waals surface area contributed by atoms with Gasteiger partial charge < -0.3 is 10.5 Å². The van der Waals surface area contributed by atoms with Crippen LogP contribution in [-0.4, -0.2) is 23.6 Å². The lowest BCUT2D eigenvalue weighted by Gasteiger charge is -2.32. The van der Waals surface area contributed by atoms with Crippen LogP contribution in [-0.2, 0) is 4.74 Å². The van der Waals surface area contributed by atoms with E-state index < -0.39 is 0 Å². The first-order valence-electron chi connectivity index (χ1n) is 5.84. The average molecular weight is 212 g/mol. The molecule has 2 N–H and O–H groups in total. The molecule has 1 rings (SSSR count). The molecule has 0 aromatic heterocycles. The van der Waals surface area contributed by atoms with Gasteiger partial charge in [0.15, 0.2) is 0 Å². The van der Waals surface area contributed by atoms with Gasteiger partial charge in [-0.2, -0.15) is 0 Å². The Balaban J connectivity index is 2.33. The van der Waals surface area contributed by atoms with Gasteiger partial charge in [0.05, 0.1) is 23.6 Å². The van der Waals surface area contributed by atoms with Gasteiger partial charge in [-0.1, -0.05) is 0 Å². The molecule has 1 aliphatic rings. The number of ether oxygens (including phenoxy) is 1. The first-order chi connectivity index (χ1) is 6.87. The monoisotopic (exact) mass is 212 g/mol. The molecule has 1 saturated carbocycles. The Hall–Kier alpha value is -0.570. The third kappa shape index (κ3) is 5.17. The smallest absolute Gasteiger partial charge is 0.0909 e. The Labute approximate surface area is 93.1 Å². The van der Waals surface area contributed by atoms with Gasteiger partial charge >= 0.3 is 0 Å². The van der Waals surface area contributed by atoms with Crippen molar-refractivity contribution in [3.8, 4) is 0 Å². The fourth-order valence-corrected chi connectivity index (χ4v) is 2.08. The largest absolute Gasteiger partial charge is 0.388 e. The van der Waals surface area contributed by atoms with Gasteiger partial charge in [-0.15, -0.1) is 0 Å². The molecule has 0 spiro atoms. The molecule has 0 bridgehead atoms. The van der Waals surface area contributed by atoms with E-state index in [0.29, 0.717) is 18.0 Å². The molecule has 0 saturated heterocycles. The molecule has 0 aliphatic heterocycles. The van der Waals surface area contributed by atoms with E-state index in [-0.39, 0.29) is 5.60 Å². The van der Waals surface area contributed by atoms with Gasteiger partial charge in [-0.3, -0.25) is 4.99 Å². The Morgan fingerprint density at radius 1 is 1.20 bits per heavy atom. The summed E-state index contributed by atoms with van der Waals surface area (Å²) >= 11 is 0. The van der Waals surface area contributed by atoms with Gasteiger partial charge in [0.2, 0.25) is 0 Å². The third-order valence-electron chi connectivity index (χ3n) is 2.55. The third-order valence-corrected chi connectivity index (χ3v) is 2.55. The number of amidine groups is 1. The second-order valence-electron chi connectivity index (χ2n) is 5.43. The van der Waals surface area contributed by atoms with Crippen molar-refractivity contribution in [2.75, 3.05) is 0 Å². The van der Waals surface area contributed by atoms with Gasteiger partial charge in [0, 0.05) is 0 Å². The van der Waals surface area contributed by atoms with Crippen molar-refractivity contribution in [1.82, 2.24) is 0 Å². The minimum atomic E-state index is -0.0233. The van der Waals surface area contributed by atoms with Crippen LogP contribution in [0.25, 0.3) is 0 Å². The molecule has 0 aromatic carbocycles. The van der Waals surface area contributed by atoms with Crippen molar-refractivity contribution in [2.24, 2.45) is 10.7 Å². The molecule has 1 aliphatic carbocycles. The summed E-state index contributed by atoms with van der Waals surface area (Å²) in [6, 6.07) is 0.426. The second-order valence-corrected chi connectivity index (χ2v) is 5.43.